The van der Waals surface area contributed by atoms with Gasteiger partial charge in [-0.1, -0.05) is 12.7 Å². The predicted molar refractivity (Wildman–Crippen MR) is 61.6 cm³/mol. The van der Waals surface area contributed by atoms with Gasteiger partial charge < -0.3 is 15.2 Å². The molecule has 0 aromatic heterocycles. The molecule has 4 nitrogen and oxygen atoms in total. The Kier molecular flexibility index (Phi) is 5.08. The average molecular weight is 221 g/mol. The lowest BCUT2D eigenvalue weighted by molar-refractivity contribution is 0.0945. The van der Waals surface area contributed by atoms with Gasteiger partial charge in [0.2, 0.25) is 0 Å². The van der Waals surface area contributed by atoms with Gasteiger partial charge in [-0.2, -0.15) is 0 Å². The van der Waals surface area contributed by atoms with Crippen molar-refractivity contribution < 1.29 is 14.6 Å². The molecule has 0 spiro atoms. The van der Waals surface area contributed by atoms with Crippen LogP contribution in [0.3, 0.4) is 0 Å². The lowest BCUT2D eigenvalue weighted by atomic mass is 10.2. The van der Waals surface area contributed by atoms with Gasteiger partial charge in [0.25, 0.3) is 5.91 Å². The van der Waals surface area contributed by atoms with Crippen molar-refractivity contribution in [3.63, 3.8) is 0 Å². The van der Waals surface area contributed by atoms with Crippen molar-refractivity contribution in [3.8, 4) is 5.75 Å². The Morgan fingerprint density at radius 1 is 1.44 bits per heavy atom. The molecule has 1 aromatic rings. The first-order valence-electron chi connectivity index (χ1n) is 5.00. The molecule has 0 aliphatic heterocycles. The van der Waals surface area contributed by atoms with E-state index in [2.05, 4.69) is 11.9 Å². The first kappa shape index (κ1) is 12.3. The Labute approximate surface area is 94.6 Å². The third kappa shape index (κ3) is 3.74. The van der Waals surface area contributed by atoms with E-state index in [0.29, 0.717) is 17.9 Å². The van der Waals surface area contributed by atoms with E-state index in [1.807, 2.05) is 0 Å². The van der Waals surface area contributed by atoms with Crippen LogP contribution in [0.25, 0.3) is 0 Å². The standard InChI is InChI=1S/C12H15NO3/c1-2-9-16-11-5-3-10(4-6-11)12(15)13-7-8-14/h2-6,14H,1,7-9H2,(H,13,15). The Hall–Kier alpha value is -1.81. The van der Waals surface area contributed by atoms with Gasteiger partial charge in [0, 0.05) is 12.1 Å². The quantitative estimate of drug-likeness (QED) is 0.704. The van der Waals surface area contributed by atoms with Crippen LogP contribution in [-0.2, 0) is 0 Å². The predicted octanol–water partition coefficient (Wildman–Crippen LogP) is 0.974. The highest BCUT2D eigenvalue weighted by Crippen LogP contribution is 2.11. The van der Waals surface area contributed by atoms with E-state index in [9.17, 15) is 4.79 Å². The molecule has 1 amide bonds. The summed E-state index contributed by atoms with van der Waals surface area (Å²) in [5.41, 5.74) is 0.541. The van der Waals surface area contributed by atoms with E-state index in [1.54, 1.807) is 30.3 Å². The number of carbonyl (C=O) groups is 1. The molecule has 0 aliphatic carbocycles. The third-order valence-corrected chi connectivity index (χ3v) is 1.88. The minimum atomic E-state index is -0.204. The minimum Gasteiger partial charge on any atom is -0.490 e. The SMILES string of the molecule is C=CCOc1ccc(C(=O)NCCO)cc1. The van der Waals surface area contributed by atoms with Crippen LogP contribution in [0.2, 0.25) is 0 Å². The summed E-state index contributed by atoms with van der Waals surface area (Å²) in [7, 11) is 0. The molecule has 16 heavy (non-hydrogen) atoms. The lowest BCUT2D eigenvalue weighted by Crippen LogP contribution is -2.26. The maximum absolute atomic E-state index is 11.4. The van der Waals surface area contributed by atoms with Gasteiger partial charge in [0.15, 0.2) is 0 Å². The topological polar surface area (TPSA) is 58.6 Å². The number of benzene rings is 1. The maximum atomic E-state index is 11.4. The van der Waals surface area contributed by atoms with Crippen molar-refractivity contribution in [1.82, 2.24) is 5.32 Å². The van der Waals surface area contributed by atoms with Gasteiger partial charge in [-0.15, -0.1) is 0 Å². The number of aliphatic hydroxyl groups is 1. The van der Waals surface area contributed by atoms with E-state index < -0.39 is 0 Å². The van der Waals surface area contributed by atoms with Crippen LogP contribution in [0.4, 0.5) is 0 Å². The molecule has 4 heteroatoms. The van der Waals surface area contributed by atoms with Crippen molar-refractivity contribution in [1.29, 1.82) is 0 Å². The fourth-order valence-electron chi connectivity index (χ4n) is 1.13. The number of amides is 1. The van der Waals surface area contributed by atoms with Gasteiger partial charge >= 0.3 is 0 Å². The number of nitrogens with one attached hydrogen (secondary N) is 1. The number of hydrogen-bond donors (Lipinski definition) is 2. The molecule has 0 fully saturated rings. The Morgan fingerprint density at radius 2 is 2.12 bits per heavy atom. The van der Waals surface area contributed by atoms with Crippen LogP contribution >= 0.6 is 0 Å². The molecule has 86 valence electrons. The fraction of sp³-hybridized carbons (Fsp3) is 0.250. The molecular formula is C12H15NO3. The average Bonchev–Trinajstić information content (AvgIpc) is 2.34. The molecule has 0 unspecified atom stereocenters. The zero-order valence-corrected chi connectivity index (χ0v) is 8.98. The van der Waals surface area contributed by atoms with Gasteiger partial charge in [-0.25, -0.2) is 0 Å². The fourth-order valence-corrected chi connectivity index (χ4v) is 1.13. The summed E-state index contributed by atoms with van der Waals surface area (Å²) in [6.07, 6.45) is 1.65. The molecule has 0 heterocycles. The number of aliphatic hydroxyl groups excluding tert-OH is 1. The third-order valence-electron chi connectivity index (χ3n) is 1.88. The van der Waals surface area contributed by atoms with Crippen LogP contribution < -0.4 is 10.1 Å². The molecule has 0 radical (unpaired) electrons. The Balaban J connectivity index is 2.56. The van der Waals surface area contributed by atoms with Crippen molar-refractivity contribution >= 4 is 5.91 Å². The van der Waals surface area contributed by atoms with E-state index in [-0.39, 0.29) is 19.1 Å². The zero-order chi connectivity index (χ0) is 11.8. The highest BCUT2D eigenvalue weighted by Gasteiger charge is 2.03. The number of hydrogen-bond acceptors (Lipinski definition) is 3. The van der Waals surface area contributed by atoms with Crippen molar-refractivity contribution in [3.05, 3.63) is 42.5 Å². The van der Waals surface area contributed by atoms with Crippen molar-refractivity contribution in [2.24, 2.45) is 0 Å². The Morgan fingerprint density at radius 3 is 2.69 bits per heavy atom. The second kappa shape index (κ2) is 6.63. The smallest absolute Gasteiger partial charge is 0.251 e. The normalized spacial score (nSPS) is 9.56. The molecule has 0 atom stereocenters. The largest absolute Gasteiger partial charge is 0.490 e. The molecule has 1 aromatic carbocycles. The summed E-state index contributed by atoms with van der Waals surface area (Å²) in [4.78, 5) is 11.4. The van der Waals surface area contributed by atoms with Crippen LogP contribution in [0, 0.1) is 0 Å². The van der Waals surface area contributed by atoms with Crippen molar-refractivity contribution in [2.45, 2.75) is 0 Å². The molecule has 0 bridgehead atoms. The molecule has 0 saturated heterocycles. The van der Waals surface area contributed by atoms with E-state index >= 15 is 0 Å². The van der Waals surface area contributed by atoms with Gasteiger partial charge in [0.1, 0.15) is 12.4 Å². The monoisotopic (exact) mass is 221 g/mol. The van der Waals surface area contributed by atoms with Gasteiger partial charge in [-0.3, -0.25) is 4.79 Å². The highest BCUT2D eigenvalue weighted by molar-refractivity contribution is 5.94. The lowest BCUT2D eigenvalue weighted by Gasteiger charge is -2.05. The molecule has 0 aliphatic rings. The van der Waals surface area contributed by atoms with E-state index in [0.717, 1.165) is 0 Å². The minimum absolute atomic E-state index is 0.0632. The zero-order valence-electron chi connectivity index (χ0n) is 8.98. The summed E-state index contributed by atoms with van der Waals surface area (Å²) in [6, 6.07) is 6.78. The van der Waals surface area contributed by atoms with Crippen LogP contribution in [0.5, 0.6) is 5.75 Å². The second-order valence-corrected chi connectivity index (χ2v) is 3.10. The van der Waals surface area contributed by atoms with Crippen LogP contribution in [0.15, 0.2) is 36.9 Å². The van der Waals surface area contributed by atoms with E-state index in [1.165, 1.54) is 0 Å². The molecular weight excluding hydrogens is 206 g/mol. The van der Waals surface area contributed by atoms with E-state index in [4.69, 9.17) is 9.84 Å². The first-order chi connectivity index (χ1) is 7.77. The summed E-state index contributed by atoms with van der Waals surface area (Å²) in [5.74, 6) is 0.489. The number of rotatable bonds is 6. The first-order valence-corrected chi connectivity index (χ1v) is 5.00. The molecule has 0 saturated carbocycles. The molecule has 2 N–H and O–H groups in total. The summed E-state index contributed by atoms with van der Waals surface area (Å²) in [5, 5.41) is 11.1. The summed E-state index contributed by atoms with van der Waals surface area (Å²) in [6.45, 7) is 4.18. The highest BCUT2D eigenvalue weighted by atomic mass is 16.5. The van der Waals surface area contributed by atoms with Crippen molar-refractivity contribution in [2.75, 3.05) is 19.8 Å². The summed E-state index contributed by atoms with van der Waals surface area (Å²) >= 11 is 0. The Bertz CT molecular complexity index is 346. The van der Waals surface area contributed by atoms with Gasteiger partial charge in [0.05, 0.1) is 6.61 Å². The van der Waals surface area contributed by atoms with Crippen LogP contribution in [-0.4, -0.2) is 30.8 Å². The number of ether oxygens (including phenoxy) is 1. The number of carbonyl (C=O) groups excluding carboxylic acids is 1. The van der Waals surface area contributed by atoms with Crippen LogP contribution in [0.1, 0.15) is 10.4 Å². The second-order valence-electron chi connectivity index (χ2n) is 3.10. The molecule has 1 rings (SSSR count). The van der Waals surface area contributed by atoms with Gasteiger partial charge in [-0.05, 0) is 24.3 Å². The summed E-state index contributed by atoms with van der Waals surface area (Å²) < 4.78 is 5.28. The maximum Gasteiger partial charge on any atom is 0.251 e.